The zero-order valence-electron chi connectivity index (χ0n) is 20.2. The summed E-state index contributed by atoms with van der Waals surface area (Å²) in [5.41, 5.74) is 6.71. The van der Waals surface area contributed by atoms with Gasteiger partial charge in [-0.25, -0.2) is 14.5 Å². The monoisotopic (exact) mass is 517 g/mol. The Bertz CT molecular complexity index is 1430. The fraction of sp³-hybridized carbons (Fsp3) is 0.423. The van der Waals surface area contributed by atoms with Crippen molar-refractivity contribution >= 4 is 33.5 Å². The van der Waals surface area contributed by atoms with Crippen molar-refractivity contribution in [2.75, 3.05) is 37.7 Å². The Morgan fingerprint density at radius 2 is 1.86 bits per heavy atom. The molecule has 10 nitrogen and oxygen atoms in total. The maximum atomic E-state index is 11.3. The van der Waals surface area contributed by atoms with Crippen molar-refractivity contribution in [1.29, 1.82) is 0 Å². The van der Waals surface area contributed by atoms with Crippen LogP contribution in [0, 0.1) is 11.8 Å². The maximum absolute atomic E-state index is 11.3. The van der Waals surface area contributed by atoms with Gasteiger partial charge in [0, 0.05) is 67.5 Å². The minimum absolute atomic E-state index is 0.00720. The van der Waals surface area contributed by atoms with Crippen LogP contribution in [0.3, 0.4) is 0 Å². The number of carboxylic acid groups (broad SMARTS) is 1. The molecule has 6 heterocycles. The van der Waals surface area contributed by atoms with E-state index in [1.165, 1.54) is 4.90 Å². The lowest BCUT2D eigenvalue weighted by molar-refractivity contribution is -0.0394. The van der Waals surface area contributed by atoms with Crippen LogP contribution >= 0.6 is 11.3 Å². The first-order chi connectivity index (χ1) is 18.1. The highest BCUT2D eigenvalue weighted by atomic mass is 32.1. The van der Waals surface area contributed by atoms with Gasteiger partial charge in [0.15, 0.2) is 5.82 Å². The molecule has 0 aliphatic carbocycles. The number of rotatable bonds is 4. The van der Waals surface area contributed by atoms with Crippen LogP contribution in [0.25, 0.3) is 32.6 Å². The molecule has 1 N–H and O–H groups in total. The average Bonchev–Trinajstić information content (AvgIpc) is 3.72. The normalized spacial score (nSPS) is 23.6. The molecule has 3 aliphatic rings. The van der Waals surface area contributed by atoms with E-state index >= 15 is 0 Å². The molecule has 3 aliphatic heterocycles. The number of hydrogen-bond donors (Lipinski definition) is 1. The second kappa shape index (κ2) is 9.07. The third-order valence-corrected chi connectivity index (χ3v) is 8.71. The van der Waals surface area contributed by atoms with Gasteiger partial charge in [-0.3, -0.25) is 0 Å². The lowest BCUT2D eigenvalue weighted by Crippen LogP contribution is -2.32. The Hall–Kier alpha value is -3.57. The van der Waals surface area contributed by atoms with Gasteiger partial charge < -0.3 is 19.6 Å². The first kappa shape index (κ1) is 22.6. The first-order valence-corrected chi connectivity index (χ1v) is 13.6. The molecule has 0 saturated carbocycles. The molecule has 7 rings (SSSR count). The van der Waals surface area contributed by atoms with Gasteiger partial charge in [-0.2, -0.15) is 5.10 Å². The Kier molecular flexibility index (Phi) is 5.54. The summed E-state index contributed by atoms with van der Waals surface area (Å²) < 4.78 is 8.89. The molecule has 190 valence electrons. The lowest BCUT2D eigenvalue weighted by Gasteiger charge is -2.22. The summed E-state index contributed by atoms with van der Waals surface area (Å²) in [6.45, 7) is 3.62. The molecule has 3 fully saturated rings. The van der Waals surface area contributed by atoms with Crippen LogP contribution in [-0.2, 0) is 4.74 Å². The van der Waals surface area contributed by atoms with Gasteiger partial charge in [0.25, 0.3) is 0 Å². The minimum atomic E-state index is -0.822. The molecule has 0 radical (unpaired) electrons. The van der Waals surface area contributed by atoms with Crippen molar-refractivity contribution in [3.05, 3.63) is 42.2 Å². The highest BCUT2D eigenvalue weighted by Gasteiger charge is 2.42. The predicted octanol–water partition coefficient (Wildman–Crippen LogP) is 4.36. The first-order valence-electron chi connectivity index (χ1n) is 12.7. The molecule has 11 heteroatoms. The van der Waals surface area contributed by atoms with Gasteiger partial charge in [-0.05, 0) is 31.4 Å². The molecule has 1 aromatic carbocycles. The molecule has 0 spiro atoms. The number of ether oxygens (including phenoxy) is 1. The van der Waals surface area contributed by atoms with E-state index < -0.39 is 6.09 Å². The van der Waals surface area contributed by atoms with Gasteiger partial charge in [0.2, 0.25) is 0 Å². The fourth-order valence-corrected chi connectivity index (χ4v) is 6.76. The highest BCUT2D eigenvalue weighted by molar-refractivity contribution is 7.17. The highest BCUT2D eigenvalue weighted by Crippen LogP contribution is 2.38. The van der Waals surface area contributed by atoms with Crippen molar-refractivity contribution in [1.82, 2.24) is 29.9 Å². The van der Waals surface area contributed by atoms with Gasteiger partial charge in [-0.15, -0.1) is 21.5 Å². The number of nitrogens with zero attached hydrogens (tertiary/aromatic N) is 7. The van der Waals surface area contributed by atoms with E-state index in [-0.39, 0.29) is 6.23 Å². The van der Waals surface area contributed by atoms with E-state index in [2.05, 4.69) is 43.5 Å². The molecular weight excluding hydrogens is 490 g/mol. The number of fused-ring (bicyclic) bond motifs is 2. The number of hydrogen-bond acceptors (Lipinski definition) is 8. The molecule has 37 heavy (non-hydrogen) atoms. The third-order valence-electron chi connectivity index (χ3n) is 7.85. The number of benzene rings is 1. The molecule has 3 unspecified atom stereocenters. The second-order valence-electron chi connectivity index (χ2n) is 10.1. The van der Waals surface area contributed by atoms with Crippen molar-refractivity contribution < 1.29 is 14.6 Å². The summed E-state index contributed by atoms with van der Waals surface area (Å²) in [7, 11) is 0. The molecule has 1 amide bonds. The van der Waals surface area contributed by atoms with E-state index in [1.807, 2.05) is 28.5 Å². The van der Waals surface area contributed by atoms with Crippen molar-refractivity contribution in [3.63, 3.8) is 0 Å². The van der Waals surface area contributed by atoms with Crippen molar-refractivity contribution in [2.24, 2.45) is 11.8 Å². The summed E-state index contributed by atoms with van der Waals surface area (Å²) in [5, 5.41) is 23.0. The van der Waals surface area contributed by atoms with Crippen molar-refractivity contribution in [2.45, 2.75) is 25.5 Å². The molecule has 3 atom stereocenters. The summed E-state index contributed by atoms with van der Waals surface area (Å²) in [4.78, 5) is 19.7. The molecule has 3 aromatic heterocycles. The van der Waals surface area contributed by atoms with Gasteiger partial charge in [-0.1, -0.05) is 12.1 Å². The topological polar surface area (TPSA) is 110 Å². The maximum Gasteiger partial charge on any atom is 0.407 e. The van der Waals surface area contributed by atoms with Crippen LogP contribution in [0.4, 0.5) is 10.6 Å². The van der Waals surface area contributed by atoms with E-state index in [4.69, 9.17) is 4.74 Å². The van der Waals surface area contributed by atoms with Crippen molar-refractivity contribution in [3.8, 4) is 22.4 Å². The summed E-state index contributed by atoms with van der Waals surface area (Å²) in [6, 6.07) is 8.22. The van der Waals surface area contributed by atoms with Crippen LogP contribution < -0.4 is 4.90 Å². The van der Waals surface area contributed by atoms with Crippen LogP contribution in [0.2, 0.25) is 0 Å². The average molecular weight is 518 g/mol. The number of likely N-dealkylation sites (tertiary alicyclic amines) is 1. The minimum Gasteiger partial charge on any atom is -0.465 e. The number of thiazole rings is 1. The molecule has 3 saturated heterocycles. The van der Waals surface area contributed by atoms with Crippen LogP contribution in [0.15, 0.2) is 42.2 Å². The Labute approximate surface area is 217 Å². The van der Waals surface area contributed by atoms with Gasteiger partial charge in [0.1, 0.15) is 6.23 Å². The summed E-state index contributed by atoms with van der Waals surface area (Å²) >= 11 is 1.60. The number of amides is 1. The smallest absolute Gasteiger partial charge is 0.407 e. The Balaban J connectivity index is 1.12. The van der Waals surface area contributed by atoms with Gasteiger partial charge >= 0.3 is 6.09 Å². The summed E-state index contributed by atoms with van der Waals surface area (Å²) in [6.07, 6.45) is 6.39. The van der Waals surface area contributed by atoms with Gasteiger partial charge in [0.05, 0.1) is 27.6 Å². The largest absolute Gasteiger partial charge is 0.465 e. The standard InChI is InChI=1S/C26H27N7O3S/c34-26(35)32-12-17-10-31(11-18(17)13-32)22-7-6-21(29-30-22)20-5-4-19(24-25(20)37-15-27-24)16-9-28-33(14-16)23-3-1-2-8-36-23/h4-7,9,14-15,17-18,23H,1-3,8,10-13H2,(H,34,35). The molecule has 0 bridgehead atoms. The Morgan fingerprint density at radius 1 is 1.03 bits per heavy atom. The number of aromatic nitrogens is 5. The number of carbonyl (C=O) groups is 1. The quantitative estimate of drug-likeness (QED) is 0.425. The SMILES string of the molecule is O=C(O)N1CC2CN(c3ccc(-c4ccc(-c5cnn(C6CCCCO6)c5)c5ncsc45)nn3)CC2C1. The van der Waals surface area contributed by atoms with E-state index in [1.54, 1.807) is 11.3 Å². The van der Waals surface area contributed by atoms with Crippen LogP contribution in [0.5, 0.6) is 0 Å². The predicted molar refractivity (Wildman–Crippen MR) is 139 cm³/mol. The Morgan fingerprint density at radius 3 is 2.59 bits per heavy atom. The zero-order valence-corrected chi connectivity index (χ0v) is 21.0. The fourth-order valence-electron chi connectivity index (χ4n) is 5.93. The molecule has 4 aromatic rings. The van der Waals surface area contributed by atoms with E-state index in [9.17, 15) is 9.90 Å². The van der Waals surface area contributed by atoms with Crippen LogP contribution in [0.1, 0.15) is 25.5 Å². The summed E-state index contributed by atoms with van der Waals surface area (Å²) in [5.74, 6) is 1.56. The third kappa shape index (κ3) is 4.02. The number of anilines is 1. The van der Waals surface area contributed by atoms with Crippen LogP contribution in [-0.4, -0.2) is 73.8 Å². The zero-order chi connectivity index (χ0) is 24.9. The molecular formula is C26H27N7O3S. The second-order valence-corrected chi connectivity index (χ2v) is 11.0. The lowest BCUT2D eigenvalue weighted by atomic mass is 10.0. The van der Waals surface area contributed by atoms with E-state index in [0.717, 1.165) is 77.4 Å². The van der Waals surface area contributed by atoms with E-state index in [0.29, 0.717) is 24.9 Å².